The van der Waals surface area contributed by atoms with E-state index in [1.54, 1.807) is 59.9 Å². The van der Waals surface area contributed by atoms with E-state index in [0.717, 1.165) is 4.88 Å². The average Bonchev–Trinajstić information content (AvgIpc) is 3.27. The normalized spacial score (nSPS) is 11.0. The first kappa shape index (κ1) is 19.3. The topological polar surface area (TPSA) is 79.8 Å². The van der Waals surface area contributed by atoms with Gasteiger partial charge in [0.25, 0.3) is 11.8 Å². The number of hydrogen-bond donors (Lipinski definition) is 2. The number of para-hydroxylation sites is 1. The molecule has 1 aromatic heterocycles. The second-order valence-electron chi connectivity index (χ2n) is 5.85. The van der Waals surface area contributed by atoms with Crippen LogP contribution in [0.4, 0.5) is 5.69 Å². The molecule has 0 radical (unpaired) electrons. The molecule has 0 bridgehead atoms. The molecule has 1 heterocycles. The van der Waals surface area contributed by atoms with Gasteiger partial charge in [-0.2, -0.15) is 5.10 Å². The van der Waals surface area contributed by atoms with Gasteiger partial charge < -0.3 is 10.1 Å². The second kappa shape index (κ2) is 8.96. The van der Waals surface area contributed by atoms with Crippen LogP contribution in [0.3, 0.4) is 0 Å². The van der Waals surface area contributed by atoms with Gasteiger partial charge in [-0.05, 0) is 48.7 Å². The van der Waals surface area contributed by atoms with E-state index < -0.39 is 5.91 Å². The molecule has 0 saturated heterocycles. The predicted molar refractivity (Wildman–Crippen MR) is 111 cm³/mol. The Balaban J connectivity index is 1.76. The van der Waals surface area contributed by atoms with Crippen molar-refractivity contribution in [1.82, 2.24) is 5.43 Å². The number of carbonyl (C=O) groups excluding carboxylic acids is 2. The number of carbonyl (C=O) groups is 2. The summed E-state index contributed by atoms with van der Waals surface area (Å²) in [7, 11) is 1.54. The smallest absolute Gasteiger partial charge is 0.273 e. The summed E-state index contributed by atoms with van der Waals surface area (Å²) in [5.41, 5.74) is 4.40. The minimum Gasteiger partial charge on any atom is -0.497 e. The van der Waals surface area contributed by atoms with Crippen molar-refractivity contribution in [3.63, 3.8) is 0 Å². The predicted octanol–water partition coefficient (Wildman–Crippen LogP) is 4.16. The highest BCUT2D eigenvalue weighted by Crippen LogP contribution is 2.18. The fourth-order valence-electron chi connectivity index (χ4n) is 2.48. The minimum absolute atomic E-state index is 0.321. The first-order valence-corrected chi connectivity index (χ1v) is 9.39. The highest BCUT2D eigenvalue weighted by Gasteiger charge is 2.14. The number of nitrogens with one attached hydrogen (secondary N) is 2. The summed E-state index contributed by atoms with van der Waals surface area (Å²) in [6.07, 6.45) is 0. The summed E-state index contributed by atoms with van der Waals surface area (Å²) in [5, 5.41) is 8.86. The Morgan fingerprint density at radius 3 is 2.57 bits per heavy atom. The molecule has 2 amide bonds. The lowest BCUT2D eigenvalue weighted by Gasteiger charge is -2.11. The molecular formula is C21H19N3O3S. The van der Waals surface area contributed by atoms with E-state index in [1.807, 2.05) is 24.4 Å². The van der Waals surface area contributed by atoms with Crippen LogP contribution in [-0.2, 0) is 0 Å². The van der Waals surface area contributed by atoms with Crippen molar-refractivity contribution in [1.29, 1.82) is 0 Å². The first-order chi connectivity index (χ1) is 13.6. The monoisotopic (exact) mass is 393 g/mol. The number of benzene rings is 2. The molecule has 28 heavy (non-hydrogen) atoms. The maximum atomic E-state index is 12.6. The van der Waals surface area contributed by atoms with Crippen LogP contribution < -0.4 is 15.5 Å². The van der Waals surface area contributed by atoms with Crippen LogP contribution in [0.25, 0.3) is 0 Å². The van der Waals surface area contributed by atoms with Crippen molar-refractivity contribution in [2.45, 2.75) is 6.92 Å². The Bertz CT molecular complexity index is 1010. The Kier molecular flexibility index (Phi) is 6.18. The fourth-order valence-corrected chi connectivity index (χ4v) is 3.16. The molecule has 3 rings (SSSR count). The van der Waals surface area contributed by atoms with E-state index in [-0.39, 0.29) is 5.91 Å². The van der Waals surface area contributed by atoms with Gasteiger partial charge in [-0.25, -0.2) is 5.43 Å². The summed E-state index contributed by atoms with van der Waals surface area (Å²) >= 11 is 1.54. The highest BCUT2D eigenvalue weighted by atomic mass is 32.1. The number of ether oxygens (including phenoxy) is 1. The quantitative estimate of drug-likeness (QED) is 0.487. The molecule has 0 aliphatic rings. The summed E-state index contributed by atoms with van der Waals surface area (Å²) in [6.45, 7) is 1.82. The molecule has 2 aromatic carbocycles. The third-order valence-corrected chi connectivity index (χ3v) is 4.93. The maximum Gasteiger partial charge on any atom is 0.273 e. The van der Waals surface area contributed by atoms with E-state index in [9.17, 15) is 9.59 Å². The van der Waals surface area contributed by atoms with Crippen LogP contribution in [0.5, 0.6) is 5.75 Å². The largest absolute Gasteiger partial charge is 0.497 e. The van der Waals surface area contributed by atoms with Crippen LogP contribution in [0.2, 0.25) is 0 Å². The first-order valence-electron chi connectivity index (χ1n) is 8.51. The third-order valence-electron chi connectivity index (χ3n) is 3.95. The summed E-state index contributed by atoms with van der Waals surface area (Å²) in [4.78, 5) is 26.1. The van der Waals surface area contributed by atoms with Gasteiger partial charge in [0.1, 0.15) is 5.75 Å². The van der Waals surface area contributed by atoms with Gasteiger partial charge in [-0.3, -0.25) is 9.59 Å². The summed E-state index contributed by atoms with van der Waals surface area (Å²) in [5.74, 6) is -0.160. The zero-order chi connectivity index (χ0) is 19.9. The molecule has 0 aliphatic heterocycles. The van der Waals surface area contributed by atoms with E-state index in [0.29, 0.717) is 28.3 Å². The standard InChI is InChI=1S/C21H19N3O3S/c1-14(19-11-6-12-28-19)23-24-21(26)17-9-3-4-10-18(17)22-20(25)15-7-5-8-16(13-15)27-2/h3-13H,1-2H3,(H,22,25)(H,24,26). The third kappa shape index (κ3) is 4.63. The lowest BCUT2D eigenvalue weighted by atomic mass is 10.1. The molecule has 2 N–H and O–H groups in total. The van der Waals surface area contributed by atoms with E-state index in [1.165, 1.54) is 7.11 Å². The molecule has 0 unspecified atom stereocenters. The van der Waals surface area contributed by atoms with Gasteiger partial charge in [-0.1, -0.05) is 24.3 Å². The Labute approximate surface area is 166 Å². The molecule has 0 spiro atoms. The zero-order valence-electron chi connectivity index (χ0n) is 15.4. The van der Waals surface area contributed by atoms with Gasteiger partial charge >= 0.3 is 0 Å². The number of thiophene rings is 1. The molecule has 0 fully saturated rings. The number of hydrogen-bond acceptors (Lipinski definition) is 5. The van der Waals surface area contributed by atoms with E-state index in [2.05, 4.69) is 15.8 Å². The lowest BCUT2D eigenvalue weighted by Crippen LogP contribution is -2.22. The highest BCUT2D eigenvalue weighted by molar-refractivity contribution is 7.12. The number of methoxy groups -OCH3 is 1. The van der Waals surface area contributed by atoms with E-state index in [4.69, 9.17) is 4.74 Å². The van der Waals surface area contributed by atoms with Crippen LogP contribution in [-0.4, -0.2) is 24.6 Å². The van der Waals surface area contributed by atoms with Gasteiger partial charge in [-0.15, -0.1) is 11.3 Å². The summed E-state index contributed by atoms with van der Waals surface area (Å²) in [6, 6.07) is 17.4. The van der Waals surface area contributed by atoms with Crippen LogP contribution >= 0.6 is 11.3 Å². The molecule has 0 aliphatic carbocycles. The molecular weight excluding hydrogens is 374 g/mol. The molecule has 3 aromatic rings. The SMILES string of the molecule is COc1cccc(C(=O)Nc2ccccc2C(=O)NN=C(C)c2cccs2)c1. The van der Waals surface area contributed by atoms with Crippen LogP contribution in [0.1, 0.15) is 32.5 Å². The number of nitrogens with zero attached hydrogens (tertiary/aromatic N) is 1. The number of rotatable bonds is 6. The van der Waals surface area contributed by atoms with Gasteiger partial charge in [0.05, 0.1) is 24.1 Å². The fraction of sp³-hybridized carbons (Fsp3) is 0.0952. The Morgan fingerprint density at radius 2 is 1.82 bits per heavy atom. The molecule has 0 saturated carbocycles. The molecule has 0 atom stereocenters. The second-order valence-corrected chi connectivity index (χ2v) is 6.79. The van der Waals surface area contributed by atoms with Gasteiger partial charge in [0, 0.05) is 10.4 Å². The number of amides is 2. The molecule has 142 valence electrons. The average molecular weight is 393 g/mol. The van der Waals surface area contributed by atoms with Crippen LogP contribution in [0.15, 0.2) is 71.1 Å². The Morgan fingerprint density at radius 1 is 1.00 bits per heavy atom. The molecule has 7 heteroatoms. The van der Waals surface area contributed by atoms with E-state index >= 15 is 0 Å². The molecule has 6 nitrogen and oxygen atoms in total. The van der Waals surface area contributed by atoms with Crippen molar-refractivity contribution in [2.24, 2.45) is 5.10 Å². The maximum absolute atomic E-state index is 12.6. The number of anilines is 1. The van der Waals surface area contributed by atoms with Crippen molar-refractivity contribution in [3.8, 4) is 5.75 Å². The zero-order valence-corrected chi connectivity index (χ0v) is 16.2. The van der Waals surface area contributed by atoms with Crippen molar-refractivity contribution in [2.75, 3.05) is 12.4 Å². The van der Waals surface area contributed by atoms with Crippen molar-refractivity contribution in [3.05, 3.63) is 82.0 Å². The van der Waals surface area contributed by atoms with Crippen molar-refractivity contribution < 1.29 is 14.3 Å². The van der Waals surface area contributed by atoms with Crippen LogP contribution in [0, 0.1) is 0 Å². The number of hydrazone groups is 1. The van der Waals surface area contributed by atoms with Gasteiger partial charge in [0.2, 0.25) is 0 Å². The minimum atomic E-state index is -0.405. The van der Waals surface area contributed by atoms with Gasteiger partial charge in [0.15, 0.2) is 0 Å². The summed E-state index contributed by atoms with van der Waals surface area (Å²) < 4.78 is 5.14. The van der Waals surface area contributed by atoms with Crippen molar-refractivity contribution >= 4 is 34.6 Å². The Hall–Kier alpha value is -3.45. The lowest BCUT2D eigenvalue weighted by molar-refractivity contribution is 0.0955.